The number of benzene rings is 2. The summed E-state index contributed by atoms with van der Waals surface area (Å²) in [6, 6.07) is 21.7. The summed E-state index contributed by atoms with van der Waals surface area (Å²) >= 11 is 0. The van der Waals surface area contributed by atoms with Crippen molar-refractivity contribution >= 4 is 5.69 Å². The fourth-order valence-electron chi connectivity index (χ4n) is 2.95. The summed E-state index contributed by atoms with van der Waals surface area (Å²) in [5.41, 5.74) is 6.27. The molecule has 0 aliphatic carbocycles. The summed E-state index contributed by atoms with van der Waals surface area (Å²) in [5, 5.41) is 3.68. The van der Waals surface area contributed by atoms with Crippen molar-refractivity contribution in [2.24, 2.45) is 0 Å². The molecule has 4 rings (SSSR count). The molecule has 0 saturated carbocycles. The topological polar surface area (TPSA) is 17.0 Å². The second-order valence-corrected chi connectivity index (χ2v) is 5.31. The third-order valence-electron chi connectivity index (χ3n) is 3.92. The predicted octanol–water partition coefficient (Wildman–Crippen LogP) is 4.30. The number of hydrogen-bond donors (Lipinski definition) is 1. The molecule has 1 aromatic heterocycles. The first-order valence-corrected chi connectivity index (χ1v) is 6.93. The number of aromatic nitrogens is 1. The minimum absolute atomic E-state index is 0.209. The molecule has 1 N–H and O–H groups in total. The summed E-state index contributed by atoms with van der Waals surface area (Å²) in [6.07, 6.45) is 2.14. The maximum atomic E-state index is 3.68. The van der Waals surface area contributed by atoms with Crippen LogP contribution < -0.4 is 5.32 Å². The van der Waals surface area contributed by atoms with Crippen LogP contribution in [0.3, 0.4) is 0 Å². The first-order valence-electron chi connectivity index (χ1n) is 6.93. The summed E-state index contributed by atoms with van der Waals surface area (Å²) in [5.74, 6) is 0. The van der Waals surface area contributed by atoms with Gasteiger partial charge in [0.05, 0.1) is 17.4 Å². The minimum atomic E-state index is 0.209. The van der Waals surface area contributed by atoms with E-state index >= 15 is 0 Å². The van der Waals surface area contributed by atoms with Crippen LogP contribution in [0, 0.1) is 6.92 Å². The highest BCUT2D eigenvalue weighted by molar-refractivity contribution is 5.67. The summed E-state index contributed by atoms with van der Waals surface area (Å²) in [6.45, 7) is 2.13. The van der Waals surface area contributed by atoms with E-state index in [1.54, 1.807) is 0 Å². The Kier molecular flexibility index (Phi) is 2.43. The van der Waals surface area contributed by atoms with Crippen molar-refractivity contribution in [3.63, 3.8) is 0 Å². The average molecular weight is 260 g/mol. The van der Waals surface area contributed by atoms with Gasteiger partial charge in [-0.15, -0.1) is 0 Å². The van der Waals surface area contributed by atoms with E-state index in [4.69, 9.17) is 0 Å². The van der Waals surface area contributed by atoms with Crippen molar-refractivity contribution in [3.05, 3.63) is 83.7 Å². The van der Waals surface area contributed by atoms with E-state index in [0.717, 1.165) is 0 Å². The van der Waals surface area contributed by atoms with Gasteiger partial charge >= 0.3 is 0 Å². The molecule has 0 amide bonds. The third kappa shape index (κ3) is 1.65. The van der Waals surface area contributed by atoms with E-state index in [1.807, 2.05) is 0 Å². The Hall–Kier alpha value is -2.48. The molecule has 1 unspecified atom stereocenters. The van der Waals surface area contributed by atoms with Crippen LogP contribution in [0.15, 0.2) is 66.9 Å². The molecule has 3 aromatic rings. The summed E-state index contributed by atoms with van der Waals surface area (Å²) < 4.78 is 2.28. The van der Waals surface area contributed by atoms with Crippen LogP contribution in [0.25, 0.3) is 5.69 Å². The van der Waals surface area contributed by atoms with E-state index in [2.05, 4.69) is 83.7 Å². The fourth-order valence-corrected chi connectivity index (χ4v) is 2.95. The summed E-state index contributed by atoms with van der Waals surface area (Å²) in [4.78, 5) is 0. The molecule has 1 atom stereocenters. The Morgan fingerprint density at radius 3 is 2.65 bits per heavy atom. The molecule has 1 aliphatic heterocycles. The molecule has 2 heteroatoms. The molecule has 0 spiro atoms. The van der Waals surface area contributed by atoms with Gasteiger partial charge in [0.2, 0.25) is 0 Å². The Morgan fingerprint density at radius 1 is 0.950 bits per heavy atom. The maximum Gasteiger partial charge on any atom is 0.0924 e. The van der Waals surface area contributed by atoms with Gasteiger partial charge in [0.25, 0.3) is 0 Å². The molecular weight excluding hydrogens is 244 g/mol. The number of anilines is 1. The largest absolute Gasteiger partial charge is 0.371 e. The molecule has 2 aromatic carbocycles. The molecule has 0 fully saturated rings. The standard InChI is InChI=1S/C18H16N2/c1-13-9-10-16-15(12-13)19-18(14-6-3-2-4-7-14)17-8-5-11-20(16)17/h2-12,18-19H,1H3. The first kappa shape index (κ1) is 11.4. The SMILES string of the molecule is Cc1ccc2c(c1)NC(c1ccccc1)c1cccn1-2. The van der Waals surface area contributed by atoms with E-state index in [-0.39, 0.29) is 6.04 Å². The van der Waals surface area contributed by atoms with Crippen LogP contribution in [0.1, 0.15) is 22.9 Å². The molecule has 98 valence electrons. The van der Waals surface area contributed by atoms with Crippen LogP contribution in [-0.2, 0) is 0 Å². The van der Waals surface area contributed by atoms with Crippen LogP contribution in [0.4, 0.5) is 5.69 Å². The number of fused-ring (bicyclic) bond motifs is 3. The average Bonchev–Trinajstić information content (AvgIpc) is 2.96. The number of nitrogens with zero attached hydrogens (tertiary/aromatic N) is 1. The smallest absolute Gasteiger partial charge is 0.0924 e. The fraction of sp³-hybridized carbons (Fsp3) is 0.111. The quantitative estimate of drug-likeness (QED) is 0.690. The zero-order valence-corrected chi connectivity index (χ0v) is 11.4. The van der Waals surface area contributed by atoms with E-state index in [9.17, 15) is 0 Å². The second kappa shape index (κ2) is 4.27. The molecule has 20 heavy (non-hydrogen) atoms. The zero-order valence-electron chi connectivity index (χ0n) is 11.4. The molecule has 0 bridgehead atoms. The summed E-state index contributed by atoms with van der Waals surface area (Å²) in [7, 11) is 0. The molecule has 2 nitrogen and oxygen atoms in total. The Balaban J connectivity index is 1.90. The van der Waals surface area contributed by atoms with Gasteiger partial charge < -0.3 is 9.88 Å². The minimum Gasteiger partial charge on any atom is -0.371 e. The van der Waals surface area contributed by atoms with Crippen LogP contribution >= 0.6 is 0 Å². The third-order valence-corrected chi connectivity index (χ3v) is 3.92. The lowest BCUT2D eigenvalue weighted by molar-refractivity contribution is 0.809. The molecule has 0 saturated heterocycles. The van der Waals surface area contributed by atoms with Gasteiger partial charge in [0.1, 0.15) is 0 Å². The van der Waals surface area contributed by atoms with Gasteiger partial charge in [0, 0.05) is 11.9 Å². The van der Waals surface area contributed by atoms with Crippen molar-refractivity contribution in [2.75, 3.05) is 5.32 Å². The van der Waals surface area contributed by atoms with E-state index in [0.29, 0.717) is 0 Å². The lowest BCUT2D eigenvalue weighted by atomic mass is 10.00. The maximum absolute atomic E-state index is 3.68. The number of aryl methyl sites for hydroxylation is 1. The van der Waals surface area contributed by atoms with Crippen molar-refractivity contribution in [1.29, 1.82) is 0 Å². The van der Waals surface area contributed by atoms with Gasteiger partial charge in [-0.05, 0) is 42.3 Å². The van der Waals surface area contributed by atoms with E-state index < -0.39 is 0 Å². The van der Waals surface area contributed by atoms with Gasteiger partial charge in [-0.1, -0.05) is 36.4 Å². The van der Waals surface area contributed by atoms with E-state index in [1.165, 1.54) is 28.2 Å². The Labute approximate surface area is 118 Å². The highest BCUT2D eigenvalue weighted by atomic mass is 15.1. The number of rotatable bonds is 1. The van der Waals surface area contributed by atoms with Crippen LogP contribution in [0.5, 0.6) is 0 Å². The lowest BCUT2D eigenvalue weighted by Gasteiger charge is -2.30. The zero-order chi connectivity index (χ0) is 13.5. The lowest BCUT2D eigenvalue weighted by Crippen LogP contribution is -2.22. The number of hydrogen-bond acceptors (Lipinski definition) is 1. The van der Waals surface area contributed by atoms with Crippen molar-refractivity contribution in [2.45, 2.75) is 13.0 Å². The highest BCUT2D eigenvalue weighted by Gasteiger charge is 2.24. The molecule has 1 aliphatic rings. The van der Waals surface area contributed by atoms with Crippen molar-refractivity contribution in [1.82, 2.24) is 4.57 Å². The first-order chi connectivity index (χ1) is 9.83. The molecule has 0 radical (unpaired) electrons. The Bertz CT molecular complexity index is 756. The predicted molar refractivity (Wildman–Crippen MR) is 82.4 cm³/mol. The molecule has 2 heterocycles. The molecular formula is C18H16N2. The van der Waals surface area contributed by atoms with Crippen molar-refractivity contribution < 1.29 is 0 Å². The van der Waals surface area contributed by atoms with Gasteiger partial charge in [-0.2, -0.15) is 0 Å². The second-order valence-electron chi connectivity index (χ2n) is 5.31. The van der Waals surface area contributed by atoms with Gasteiger partial charge in [-0.25, -0.2) is 0 Å². The van der Waals surface area contributed by atoms with Crippen LogP contribution in [-0.4, -0.2) is 4.57 Å². The van der Waals surface area contributed by atoms with Crippen molar-refractivity contribution in [3.8, 4) is 5.69 Å². The van der Waals surface area contributed by atoms with Crippen LogP contribution in [0.2, 0.25) is 0 Å². The Morgan fingerprint density at radius 2 is 1.80 bits per heavy atom. The highest BCUT2D eigenvalue weighted by Crippen LogP contribution is 2.37. The van der Waals surface area contributed by atoms with Gasteiger partial charge in [-0.3, -0.25) is 0 Å². The number of nitrogens with one attached hydrogen (secondary N) is 1. The van der Waals surface area contributed by atoms with Gasteiger partial charge in [0.15, 0.2) is 0 Å². The normalized spacial score (nSPS) is 16.1. The monoisotopic (exact) mass is 260 g/mol.